The predicted molar refractivity (Wildman–Crippen MR) is 225 cm³/mol. The summed E-state index contributed by atoms with van der Waals surface area (Å²) in [5, 5.41) is 9.61. The van der Waals surface area contributed by atoms with E-state index in [0.29, 0.717) is 17.5 Å². The first-order valence-corrected chi connectivity index (χ1v) is 20.2. The molecule has 2 aromatic heterocycles. The van der Waals surface area contributed by atoms with E-state index in [1.54, 1.807) is 0 Å². The van der Waals surface area contributed by atoms with Gasteiger partial charge in [-0.25, -0.2) is 15.0 Å². The zero-order chi connectivity index (χ0) is 35.9. The highest BCUT2D eigenvalue weighted by Crippen LogP contribution is 2.36. The third-order valence-electron chi connectivity index (χ3n) is 10.5. The number of rotatable bonds is 7. The minimum atomic E-state index is -2.69. The Kier molecular flexibility index (Phi) is 7.78. The Morgan fingerprint density at radius 2 is 0.852 bits per heavy atom. The molecule has 10 aromatic rings. The van der Waals surface area contributed by atoms with Crippen LogP contribution in [0, 0.1) is 0 Å². The summed E-state index contributed by atoms with van der Waals surface area (Å²) in [6, 6.07) is 70.9. The van der Waals surface area contributed by atoms with E-state index in [4.69, 9.17) is 19.4 Å². The van der Waals surface area contributed by atoms with Gasteiger partial charge in [0.05, 0.1) is 0 Å². The lowest BCUT2D eigenvalue weighted by molar-refractivity contribution is 0.669. The lowest BCUT2D eigenvalue weighted by Crippen LogP contribution is -2.74. The summed E-state index contributed by atoms with van der Waals surface area (Å²) < 4.78 is 6.28. The maximum Gasteiger partial charge on any atom is 0.179 e. The Balaban J connectivity index is 1.18. The molecule has 0 N–H and O–H groups in total. The first-order chi connectivity index (χ1) is 26.8. The van der Waals surface area contributed by atoms with E-state index in [9.17, 15) is 0 Å². The second-order valence-electron chi connectivity index (χ2n) is 13.6. The number of furan rings is 1. The summed E-state index contributed by atoms with van der Waals surface area (Å²) in [5.41, 5.74) is 4.40. The van der Waals surface area contributed by atoms with E-state index in [1.807, 2.05) is 30.3 Å². The van der Waals surface area contributed by atoms with Crippen molar-refractivity contribution < 1.29 is 4.42 Å². The summed E-state index contributed by atoms with van der Waals surface area (Å²) >= 11 is 0. The molecule has 0 bridgehead atoms. The number of nitrogens with zero attached hydrogens (tertiary/aromatic N) is 3. The third-order valence-corrected chi connectivity index (χ3v) is 15.3. The van der Waals surface area contributed by atoms with Crippen LogP contribution in [0.2, 0.25) is 0 Å². The van der Waals surface area contributed by atoms with Gasteiger partial charge in [0.15, 0.2) is 25.5 Å². The largest absolute Gasteiger partial charge is 0.456 e. The maximum absolute atomic E-state index is 6.28. The molecule has 4 nitrogen and oxygen atoms in total. The molecule has 0 atom stereocenters. The first-order valence-electron chi connectivity index (χ1n) is 18.2. The van der Waals surface area contributed by atoms with Crippen LogP contribution in [-0.2, 0) is 0 Å². The van der Waals surface area contributed by atoms with Crippen LogP contribution < -0.4 is 20.7 Å². The normalized spacial score (nSPS) is 11.7. The van der Waals surface area contributed by atoms with Gasteiger partial charge in [-0.15, -0.1) is 0 Å². The Bertz CT molecular complexity index is 2830. The Morgan fingerprint density at radius 3 is 1.52 bits per heavy atom. The van der Waals surface area contributed by atoms with Gasteiger partial charge in [-0.1, -0.05) is 182 Å². The number of benzene rings is 8. The second-order valence-corrected chi connectivity index (χ2v) is 17.4. The maximum atomic E-state index is 6.28. The number of hydrogen-bond acceptors (Lipinski definition) is 4. The van der Waals surface area contributed by atoms with Crippen LogP contribution in [0.5, 0.6) is 0 Å². The Hall–Kier alpha value is -6.95. The highest BCUT2D eigenvalue weighted by Gasteiger charge is 2.41. The highest BCUT2D eigenvalue weighted by atomic mass is 28.3. The molecule has 0 saturated heterocycles. The highest BCUT2D eigenvalue weighted by molar-refractivity contribution is 7.19. The van der Waals surface area contributed by atoms with E-state index in [2.05, 4.69) is 170 Å². The zero-order valence-corrected chi connectivity index (χ0v) is 30.3. The molecule has 0 fully saturated rings. The van der Waals surface area contributed by atoms with Crippen LogP contribution in [0.3, 0.4) is 0 Å². The Labute approximate surface area is 314 Å². The van der Waals surface area contributed by atoms with Crippen LogP contribution in [0.25, 0.3) is 66.9 Å². The fourth-order valence-electron chi connectivity index (χ4n) is 7.98. The standard InChI is InChI=1S/C49H33N3OSi/c1-4-17-38(18-5-1)54(39-19-6-2-7-20-39,40-21-8-3-9-22-40)41-31-29-35(30-32-41)47-50-48(37-28-27-34-15-10-11-16-36(34)33-37)52-49(51-47)43-24-14-26-45-46(43)42-23-12-13-25-44(42)53-45/h1-33H. The fourth-order valence-corrected chi connectivity index (χ4v) is 12.7. The van der Waals surface area contributed by atoms with E-state index in [1.165, 1.54) is 26.1 Å². The minimum absolute atomic E-state index is 0.603. The summed E-state index contributed by atoms with van der Waals surface area (Å²) in [5.74, 6) is 1.84. The van der Waals surface area contributed by atoms with Gasteiger partial charge < -0.3 is 4.42 Å². The van der Waals surface area contributed by atoms with Crippen molar-refractivity contribution in [2.24, 2.45) is 0 Å². The molecule has 10 rings (SSSR count). The molecule has 254 valence electrons. The molecule has 0 amide bonds. The van der Waals surface area contributed by atoms with E-state index >= 15 is 0 Å². The van der Waals surface area contributed by atoms with Gasteiger partial charge >= 0.3 is 0 Å². The monoisotopic (exact) mass is 707 g/mol. The summed E-state index contributed by atoms with van der Waals surface area (Å²) in [6.45, 7) is 0. The van der Waals surface area contributed by atoms with Crippen molar-refractivity contribution in [3.8, 4) is 34.2 Å². The van der Waals surface area contributed by atoms with Gasteiger partial charge in [-0.3, -0.25) is 0 Å². The van der Waals surface area contributed by atoms with Crippen LogP contribution in [0.15, 0.2) is 205 Å². The molecule has 0 aliphatic carbocycles. The molecule has 0 aliphatic rings. The average molecular weight is 708 g/mol. The van der Waals surface area contributed by atoms with Gasteiger partial charge in [0.25, 0.3) is 0 Å². The number of para-hydroxylation sites is 1. The molecule has 54 heavy (non-hydrogen) atoms. The molecule has 0 radical (unpaired) electrons. The zero-order valence-electron chi connectivity index (χ0n) is 29.3. The Morgan fingerprint density at radius 1 is 0.352 bits per heavy atom. The van der Waals surface area contributed by atoms with Gasteiger partial charge in [-0.2, -0.15) is 0 Å². The van der Waals surface area contributed by atoms with Crippen LogP contribution in [0.4, 0.5) is 0 Å². The molecule has 0 spiro atoms. The van der Waals surface area contributed by atoms with Crippen molar-refractivity contribution in [1.29, 1.82) is 0 Å². The topological polar surface area (TPSA) is 51.8 Å². The SMILES string of the molecule is c1ccc([Si](c2ccccc2)(c2ccccc2)c2ccc(-c3nc(-c4ccc5ccccc5c4)nc(-c4cccc5oc6ccccc6c45)n3)cc2)cc1. The third kappa shape index (κ3) is 5.33. The molecule has 2 heterocycles. The first kappa shape index (κ1) is 31.8. The average Bonchev–Trinajstić information content (AvgIpc) is 3.64. The smallest absolute Gasteiger partial charge is 0.179 e. The predicted octanol–water partition coefficient (Wildman–Crippen LogP) is 9.30. The second kappa shape index (κ2) is 13.2. The molecule has 0 saturated carbocycles. The van der Waals surface area contributed by atoms with Crippen LogP contribution in [-0.4, -0.2) is 23.0 Å². The minimum Gasteiger partial charge on any atom is -0.456 e. The van der Waals surface area contributed by atoms with E-state index < -0.39 is 8.07 Å². The summed E-state index contributed by atoms with van der Waals surface area (Å²) in [4.78, 5) is 15.5. The van der Waals surface area contributed by atoms with Gasteiger partial charge in [0.2, 0.25) is 0 Å². The quantitative estimate of drug-likeness (QED) is 0.122. The molecular formula is C49H33N3OSi. The number of fused-ring (bicyclic) bond motifs is 4. The van der Waals surface area contributed by atoms with Crippen molar-refractivity contribution in [1.82, 2.24) is 15.0 Å². The van der Waals surface area contributed by atoms with Crippen LogP contribution in [0.1, 0.15) is 0 Å². The fraction of sp³-hybridized carbons (Fsp3) is 0. The van der Waals surface area contributed by atoms with Crippen molar-refractivity contribution in [2.45, 2.75) is 0 Å². The molecule has 8 aromatic carbocycles. The van der Waals surface area contributed by atoms with Crippen molar-refractivity contribution in [2.75, 3.05) is 0 Å². The van der Waals surface area contributed by atoms with Gasteiger partial charge in [0, 0.05) is 27.5 Å². The number of aromatic nitrogens is 3. The van der Waals surface area contributed by atoms with Crippen LogP contribution >= 0.6 is 0 Å². The lowest BCUT2D eigenvalue weighted by Gasteiger charge is -2.34. The molecule has 0 aliphatic heterocycles. The summed E-state index contributed by atoms with van der Waals surface area (Å²) in [7, 11) is -2.69. The molecular weight excluding hydrogens is 675 g/mol. The van der Waals surface area contributed by atoms with Gasteiger partial charge in [0.1, 0.15) is 11.2 Å². The van der Waals surface area contributed by atoms with E-state index in [-0.39, 0.29) is 0 Å². The summed E-state index contributed by atoms with van der Waals surface area (Å²) in [6.07, 6.45) is 0. The van der Waals surface area contributed by atoms with Crippen molar-refractivity contribution in [3.05, 3.63) is 200 Å². The van der Waals surface area contributed by atoms with Crippen molar-refractivity contribution in [3.63, 3.8) is 0 Å². The van der Waals surface area contributed by atoms with Gasteiger partial charge in [-0.05, 0) is 49.7 Å². The lowest BCUT2D eigenvalue weighted by atomic mass is 10.0. The van der Waals surface area contributed by atoms with E-state index in [0.717, 1.165) is 44.0 Å². The molecule has 5 heteroatoms. The molecule has 0 unspecified atom stereocenters. The van der Waals surface area contributed by atoms with Crippen molar-refractivity contribution >= 4 is 61.5 Å². The number of hydrogen-bond donors (Lipinski definition) is 0.